The summed E-state index contributed by atoms with van der Waals surface area (Å²) in [6.07, 6.45) is 2.94. The van der Waals surface area contributed by atoms with Gasteiger partial charge in [0, 0.05) is 16.7 Å². The van der Waals surface area contributed by atoms with Gasteiger partial charge in [0.25, 0.3) is 0 Å². The molecule has 130 valence electrons. The van der Waals surface area contributed by atoms with E-state index < -0.39 is 5.97 Å². The van der Waals surface area contributed by atoms with Gasteiger partial charge in [0.2, 0.25) is 0 Å². The summed E-state index contributed by atoms with van der Waals surface area (Å²) >= 11 is 0. The van der Waals surface area contributed by atoms with Crippen molar-refractivity contribution >= 4 is 17.8 Å². The Labute approximate surface area is 150 Å². The molecule has 0 bridgehead atoms. The summed E-state index contributed by atoms with van der Waals surface area (Å²) < 4.78 is 10.7. The molecule has 0 amide bonds. The number of carboxylic acids is 1. The van der Waals surface area contributed by atoms with E-state index >= 15 is 0 Å². The summed E-state index contributed by atoms with van der Waals surface area (Å²) in [5.74, 6) is 0.0497. The lowest BCUT2D eigenvalue weighted by Gasteiger charge is -2.07. The average molecular weight is 347 g/mol. The molecule has 0 aliphatic heterocycles. The van der Waals surface area contributed by atoms with Gasteiger partial charge in [-0.25, -0.2) is 0 Å². The maximum Gasteiger partial charge on any atom is 0.185 e. The van der Waals surface area contributed by atoms with Crippen LogP contribution in [0.25, 0.3) is 17.4 Å². The van der Waals surface area contributed by atoms with Crippen LogP contribution in [-0.4, -0.2) is 18.9 Å². The quantitative estimate of drug-likeness (QED) is 0.505. The Morgan fingerprint density at radius 2 is 1.73 bits per heavy atom. The summed E-state index contributed by atoms with van der Waals surface area (Å²) in [5, 5.41) is 11.2. The monoisotopic (exact) mass is 347 g/mol. The van der Waals surface area contributed by atoms with Crippen molar-refractivity contribution in [2.45, 2.75) is 0 Å². The molecule has 5 nitrogen and oxygen atoms in total. The predicted octanol–water partition coefficient (Wildman–Crippen LogP) is 3.21. The Morgan fingerprint density at radius 3 is 2.42 bits per heavy atom. The van der Waals surface area contributed by atoms with E-state index in [-0.39, 0.29) is 11.3 Å². The van der Waals surface area contributed by atoms with Crippen molar-refractivity contribution in [3.8, 4) is 17.1 Å². The number of rotatable bonds is 6. The Balaban J connectivity index is 1.79. The normalized spacial score (nSPS) is 10.8. The summed E-state index contributed by atoms with van der Waals surface area (Å²) in [7, 11) is 1.56. The number of carbonyl (C=O) groups is 2. The van der Waals surface area contributed by atoms with E-state index in [9.17, 15) is 14.7 Å². The number of ketones is 1. The first-order valence-electron chi connectivity index (χ1n) is 7.85. The molecule has 0 saturated heterocycles. The summed E-state index contributed by atoms with van der Waals surface area (Å²) in [6.45, 7) is 0. The molecule has 0 aliphatic carbocycles. The zero-order chi connectivity index (χ0) is 18.5. The van der Waals surface area contributed by atoms with Gasteiger partial charge < -0.3 is 19.1 Å². The lowest BCUT2D eigenvalue weighted by molar-refractivity contribution is -0.254. The Kier molecular flexibility index (Phi) is 4.99. The summed E-state index contributed by atoms with van der Waals surface area (Å²) in [6, 6.07) is 16.5. The maximum atomic E-state index is 12.2. The highest BCUT2D eigenvalue weighted by Gasteiger charge is 2.09. The Hall–Kier alpha value is -3.60. The minimum absolute atomic E-state index is 0.0479. The number of ether oxygens (including phenoxy) is 1. The molecular formula is C21H15O5-. The van der Waals surface area contributed by atoms with Crippen molar-refractivity contribution in [1.82, 2.24) is 0 Å². The van der Waals surface area contributed by atoms with Gasteiger partial charge in [-0.3, -0.25) is 4.79 Å². The molecule has 5 heteroatoms. The standard InChI is InChI=1S/C21H16O5/c1-25-15-8-6-14(7-9-15)19(22)12-10-16-11-13-20(26-16)17-4-2-3-5-18(17)21(23)24/h2-13H,1H3,(H,23,24)/p-1/b12-10+. The number of hydrogen-bond donors (Lipinski definition) is 0. The molecule has 2 aromatic carbocycles. The number of carboxylic acid groups (broad SMARTS) is 1. The van der Waals surface area contributed by atoms with Gasteiger partial charge in [0.05, 0.1) is 13.1 Å². The SMILES string of the molecule is COc1ccc(C(=O)/C=C/c2ccc(-c3ccccc3C(=O)[O-])o2)cc1. The van der Waals surface area contributed by atoms with Gasteiger partial charge in [0.15, 0.2) is 5.78 Å². The number of allylic oxidation sites excluding steroid dienone is 1. The van der Waals surface area contributed by atoms with Crippen molar-refractivity contribution < 1.29 is 23.8 Å². The number of aromatic carboxylic acids is 1. The smallest absolute Gasteiger partial charge is 0.185 e. The van der Waals surface area contributed by atoms with E-state index in [1.165, 1.54) is 18.2 Å². The van der Waals surface area contributed by atoms with Gasteiger partial charge in [-0.05, 0) is 48.6 Å². The number of methoxy groups -OCH3 is 1. The van der Waals surface area contributed by atoms with Crippen LogP contribution >= 0.6 is 0 Å². The average Bonchev–Trinajstić information content (AvgIpc) is 3.15. The Morgan fingerprint density at radius 1 is 1.00 bits per heavy atom. The molecule has 1 aromatic heterocycles. The summed E-state index contributed by atoms with van der Waals surface area (Å²) in [5.41, 5.74) is 0.997. The van der Waals surface area contributed by atoms with E-state index in [1.54, 1.807) is 61.7 Å². The topological polar surface area (TPSA) is 79.6 Å². The molecule has 3 rings (SSSR count). The minimum Gasteiger partial charge on any atom is -0.545 e. The second kappa shape index (κ2) is 7.53. The van der Waals surface area contributed by atoms with Crippen LogP contribution in [0.5, 0.6) is 5.75 Å². The highest BCUT2D eigenvalue weighted by Crippen LogP contribution is 2.26. The van der Waals surface area contributed by atoms with Crippen LogP contribution in [-0.2, 0) is 0 Å². The lowest BCUT2D eigenvalue weighted by Crippen LogP contribution is -2.22. The molecular weight excluding hydrogens is 332 g/mol. The fraction of sp³-hybridized carbons (Fsp3) is 0.0476. The second-order valence-corrected chi connectivity index (χ2v) is 5.46. The van der Waals surface area contributed by atoms with Gasteiger partial charge in [0.1, 0.15) is 17.3 Å². The molecule has 0 spiro atoms. The highest BCUT2D eigenvalue weighted by atomic mass is 16.5. The van der Waals surface area contributed by atoms with Gasteiger partial charge in [-0.2, -0.15) is 0 Å². The number of carbonyl (C=O) groups excluding carboxylic acids is 2. The van der Waals surface area contributed by atoms with E-state index in [1.807, 2.05) is 0 Å². The molecule has 0 saturated carbocycles. The molecule has 0 unspecified atom stereocenters. The predicted molar refractivity (Wildman–Crippen MR) is 94.8 cm³/mol. The van der Waals surface area contributed by atoms with Crippen molar-refractivity contribution in [3.63, 3.8) is 0 Å². The largest absolute Gasteiger partial charge is 0.545 e. The number of benzene rings is 2. The van der Waals surface area contributed by atoms with Gasteiger partial charge in [-0.15, -0.1) is 0 Å². The zero-order valence-electron chi connectivity index (χ0n) is 14.0. The van der Waals surface area contributed by atoms with Crippen molar-refractivity contribution in [2.24, 2.45) is 0 Å². The van der Waals surface area contributed by atoms with Crippen LogP contribution in [0.2, 0.25) is 0 Å². The third-order valence-electron chi connectivity index (χ3n) is 3.81. The van der Waals surface area contributed by atoms with E-state index in [2.05, 4.69) is 0 Å². The molecule has 0 N–H and O–H groups in total. The molecule has 3 aromatic rings. The van der Waals surface area contributed by atoms with Crippen LogP contribution in [0.15, 0.2) is 71.2 Å². The van der Waals surface area contributed by atoms with Crippen LogP contribution in [0.3, 0.4) is 0 Å². The van der Waals surface area contributed by atoms with Crippen molar-refractivity contribution in [3.05, 3.63) is 83.6 Å². The fourth-order valence-electron chi connectivity index (χ4n) is 2.47. The van der Waals surface area contributed by atoms with E-state index in [4.69, 9.17) is 9.15 Å². The maximum absolute atomic E-state index is 12.2. The van der Waals surface area contributed by atoms with E-state index in [0.717, 1.165) is 0 Å². The Bertz CT molecular complexity index is 964. The van der Waals surface area contributed by atoms with Crippen LogP contribution < -0.4 is 9.84 Å². The third-order valence-corrected chi connectivity index (χ3v) is 3.81. The number of furan rings is 1. The van der Waals surface area contributed by atoms with Crippen LogP contribution in [0.4, 0.5) is 0 Å². The summed E-state index contributed by atoms with van der Waals surface area (Å²) in [4.78, 5) is 23.4. The zero-order valence-corrected chi connectivity index (χ0v) is 14.0. The first kappa shape index (κ1) is 17.2. The van der Waals surface area contributed by atoms with Crippen LogP contribution in [0.1, 0.15) is 26.5 Å². The van der Waals surface area contributed by atoms with Crippen LogP contribution in [0, 0.1) is 0 Å². The molecule has 0 aliphatic rings. The molecule has 0 radical (unpaired) electrons. The molecule has 0 atom stereocenters. The number of hydrogen-bond acceptors (Lipinski definition) is 5. The second-order valence-electron chi connectivity index (χ2n) is 5.46. The van der Waals surface area contributed by atoms with Crippen molar-refractivity contribution in [2.75, 3.05) is 7.11 Å². The molecule has 0 fully saturated rings. The van der Waals surface area contributed by atoms with E-state index in [0.29, 0.717) is 28.4 Å². The van der Waals surface area contributed by atoms with Gasteiger partial charge in [-0.1, -0.05) is 24.3 Å². The molecule has 1 heterocycles. The first-order chi connectivity index (χ1) is 12.6. The fourth-order valence-corrected chi connectivity index (χ4v) is 2.47. The lowest BCUT2D eigenvalue weighted by atomic mass is 10.1. The minimum atomic E-state index is -1.27. The third kappa shape index (κ3) is 3.72. The van der Waals surface area contributed by atoms with Gasteiger partial charge >= 0.3 is 0 Å². The molecule has 26 heavy (non-hydrogen) atoms. The highest BCUT2D eigenvalue weighted by molar-refractivity contribution is 6.06. The van der Waals surface area contributed by atoms with Crippen molar-refractivity contribution in [1.29, 1.82) is 0 Å². The first-order valence-corrected chi connectivity index (χ1v) is 7.85.